The highest BCUT2D eigenvalue weighted by atomic mass is 32.2. The average Bonchev–Trinajstić information content (AvgIpc) is 1.85. The Morgan fingerprint density at radius 2 is 1.91 bits per heavy atom. The molecule has 0 aromatic heterocycles. The predicted molar refractivity (Wildman–Crippen MR) is 46.3 cm³/mol. The van der Waals surface area contributed by atoms with E-state index in [4.69, 9.17) is 0 Å². The van der Waals surface area contributed by atoms with Crippen LogP contribution in [0.2, 0.25) is 0 Å². The van der Waals surface area contributed by atoms with Gasteiger partial charge >= 0.3 is 0 Å². The van der Waals surface area contributed by atoms with Gasteiger partial charge in [0.1, 0.15) is 0 Å². The molecule has 1 saturated heterocycles. The van der Waals surface area contributed by atoms with Crippen molar-refractivity contribution in [2.45, 2.75) is 38.4 Å². The molecule has 11 heavy (non-hydrogen) atoms. The third-order valence-electron chi connectivity index (χ3n) is 2.37. The molecule has 0 aromatic rings. The summed E-state index contributed by atoms with van der Waals surface area (Å²) in [5.41, 5.74) is 0. The standard InChI is InChI=1S/C8H16O2S/c1-7(2)8-5-3-4-6-11(8,9)10/h7-8H,3-6H2,1-2H3/t8-/m0/s1. The molecule has 0 saturated carbocycles. The smallest absolute Gasteiger partial charge is 0.153 e. The first-order valence-electron chi connectivity index (χ1n) is 4.25. The van der Waals surface area contributed by atoms with E-state index in [1.54, 1.807) is 0 Å². The van der Waals surface area contributed by atoms with Crippen LogP contribution in [0, 0.1) is 5.92 Å². The lowest BCUT2D eigenvalue weighted by Gasteiger charge is -2.24. The van der Waals surface area contributed by atoms with Crippen LogP contribution in [-0.4, -0.2) is 19.4 Å². The lowest BCUT2D eigenvalue weighted by atomic mass is 10.0. The van der Waals surface area contributed by atoms with E-state index in [2.05, 4.69) is 0 Å². The normalized spacial score (nSPS) is 30.6. The van der Waals surface area contributed by atoms with E-state index in [0.29, 0.717) is 11.7 Å². The van der Waals surface area contributed by atoms with Gasteiger partial charge < -0.3 is 0 Å². The van der Waals surface area contributed by atoms with Crippen LogP contribution in [0.3, 0.4) is 0 Å². The fourth-order valence-corrected chi connectivity index (χ4v) is 3.99. The van der Waals surface area contributed by atoms with E-state index in [0.717, 1.165) is 19.3 Å². The van der Waals surface area contributed by atoms with Gasteiger partial charge in [-0.1, -0.05) is 20.3 Å². The van der Waals surface area contributed by atoms with Crippen molar-refractivity contribution in [2.75, 3.05) is 5.75 Å². The van der Waals surface area contributed by atoms with Crippen LogP contribution in [0.25, 0.3) is 0 Å². The molecular weight excluding hydrogens is 160 g/mol. The van der Waals surface area contributed by atoms with Crippen LogP contribution in [-0.2, 0) is 9.84 Å². The summed E-state index contributed by atoms with van der Waals surface area (Å²) in [7, 11) is -2.72. The van der Waals surface area contributed by atoms with Gasteiger partial charge in [0, 0.05) is 0 Å². The predicted octanol–water partition coefficient (Wildman–Crippen LogP) is 1.61. The van der Waals surface area contributed by atoms with Crippen LogP contribution in [0.15, 0.2) is 0 Å². The molecule has 0 amide bonds. The average molecular weight is 176 g/mol. The fourth-order valence-electron chi connectivity index (χ4n) is 1.73. The first kappa shape index (κ1) is 9.04. The molecule has 1 fully saturated rings. The Bertz CT molecular complexity index is 216. The van der Waals surface area contributed by atoms with Crippen molar-refractivity contribution in [2.24, 2.45) is 5.92 Å². The van der Waals surface area contributed by atoms with Crippen LogP contribution in [0.1, 0.15) is 33.1 Å². The molecule has 3 heteroatoms. The summed E-state index contributed by atoms with van der Waals surface area (Å²) in [4.78, 5) is 0. The van der Waals surface area contributed by atoms with Gasteiger partial charge in [0.25, 0.3) is 0 Å². The summed E-state index contributed by atoms with van der Waals surface area (Å²) < 4.78 is 22.8. The van der Waals surface area contributed by atoms with E-state index in [1.807, 2.05) is 13.8 Å². The second-order valence-electron chi connectivity index (χ2n) is 3.65. The highest BCUT2D eigenvalue weighted by Crippen LogP contribution is 2.24. The van der Waals surface area contributed by atoms with Crippen molar-refractivity contribution >= 4 is 9.84 Å². The van der Waals surface area contributed by atoms with Gasteiger partial charge in [0.15, 0.2) is 9.84 Å². The molecule has 1 aliphatic rings. The number of sulfone groups is 1. The Labute approximate surface area is 68.9 Å². The monoisotopic (exact) mass is 176 g/mol. The lowest BCUT2D eigenvalue weighted by molar-refractivity contribution is 0.479. The maximum absolute atomic E-state index is 11.4. The van der Waals surface area contributed by atoms with E-state index < -0.39 is 9.84 Å². The van der Waals surface area contributed by atoms with Crippen molar-refractivity contribution in [3.63, 3.8) is 0 Å². The summed E-state index contributed by atoms with van der Waals surface area (Å²) in [5.74, 6) is 0.704. The Kier molecular flexibility index (Phi) is 2.58. The number of hydrogen-bond donors (Lipinski definition) is 0. The zero-order valence-electron chi connectivity index (χ0n) is 7.21. The van der Waals surface area contributed by atoms with Gasteiger partial charge in [-0.25, -0.2) is 8.42 Å². The first-order valence-corrected chi connectivity index (χ1v) is 5.97. The molecule has 66 valence electrons. The Morgan fingerprint density at radius 3 is 2.27 bits per heavy atom. The zero-order chi connectivity index (χ0) is 8.48. The third kappa shape index (κ3) is 1.95. The molecule has 0 bridgehead atoms. The van der Waals surface area contributed by atoms with Crippen LogP contribution < -0.4 is 0 Å². The van der Waals surface area contributed by atoms with E-state index >= 15 is 0 Å². The van der Waals surface area contributed by atoms with Gasteiger partial charge in [-0.05, 0) is 18.8 Å². The molecule has 1 aliphatic heterocycles. The largest absolute Gasteiger partial charge is 0.229 e. The second-order valence-corrected chi connectivity index (χ2v) is 5.98. The molecule has 1 atom stereocenters. The van der Waals surface area contributed by atoms with Gasteiger partial charge in [0.2, 0.25) is 0 Å². The second kappa shape index (κ2) is 3.13. The van der Waals surface area contributed by atoms with Crippen molar-refractivity contribution in [3.8, 4) is 0 Å². The first-order chi connectivity index (χ1) is 5.04. The molecular formula is C8H16O2S. The Balaban J connectivity index is 2.76. The van der Waals surface area contributed by atoms with E-state index in [1.165, 1.54) is 0 Å². The summed E-state index contributed by atoms with van der Waals surface area (Å²) in [5, 5.41) is -0.0590. The Morgan fingerprint density at radius 1 is 1.27 bits per heavy atom. The number of hydrogen-bond acceptors (Lipinski definition) is 2. The topological polar surface area (TPSA) is 34.1 Å². The van der Waals surface area contributed by atoms with Crippen LogP contribution >= 0.6 is 0 Å². The summed E-state index contributed by atoms with van der Waals surface area (Å²) >= 11 is 0. The third-order valence-corrected chi connectivity index (χ3v) is 4.93. The van der Waals surface area contributed by atoms with Gasteiger partial charge in [0.05, 0.1) is 11.0 Å². The van der Waals surface area contributed by atoms with Crippen molar-refractivity contribution < 1.29 is 8.42 Å². The molecule has 0 aromatic carbocycles. The van der Waals surface area contributed by atoms with Crippen LogP contribution in [0.4, 0.5) is 0 Å². The minimum atomic E-state index is -2.72. The minimum absolute atomic E-state index is 0.0590. The quantitative estimate of drug-likeness (QED) is 0.608. The highest BCUT2D eigenvalue weighted by molar-refractivity contribution is 7.92. The molecule has 0 aliphatic carbocycles. The molecule has 0 unspecified atom stereocenters. The van der Waals surface area contributed by atoms with Crippen molar-refractivity contribution in [1.29, 1.82) is 0 Å². The number of rotatable bonds is 1. The van der Waals surface area contributed by atoms with E-state index in [9.17, 15) is 8.42 Å². The lowest BCUT2D eigenvalue weighted by Crippen LogP contribution is -2.32. The summed E-state index contributed by atoms with van der Waals surface area (Å²) in [6.45, 7) is 3.99. The maximum atomic E-state index is 11.4. The fraction of sp³-hybridized carbons (Fsp3) is 1.00. The van der Waals surface area contributed by atoms with Crippen LogP contribution in [0.5, 0.6) is 0 Å². The summed E-state index contributed by atoms with van der Waals surface area (Å²) in [6, 6.07) is 0. The Hall–Kier alpha value is -0.0500. The van der Waals surface area contributed by atoms with Gasteiger partial charge in [-0.3, -0.25) is 0 Å². The summed E-state index contributed by atoms with van der Waals surface area (Å²) in [6.07, 6.45) is 2.83. The SMILES string of the molecule is CC(C)[C@@H]1CCCCS1(=O)=O. The highest BCUT2D eigenvalue weighted by Gasteiger charge is 2.30. The molecule has 0 spiro atoms. The molecule has 2 nitrogen and oxygen atoms in total. The molecule has 0 N–H and O–H groups in total. The molecule has 0 radical (unpaired) electrons. The van der Waals surface area contributed by atoms with Gasteiger partial charge in [-0.2, -0.15) is 0 Å². The molecule has 1 heterocycles. The zero-order valence-corrected chi connectivity index (χ0v) is 8.02. The van der Waals surface area contributed by atoms with Gasteiger partial charge in [-0.15, -0.1) is 0 Å². The van der Waals surface area contributed by atoms with E-state index in [-0.39, 0.29) is 5.25 Å². The minimum Gasteiger partial charge on any atom is -0.229 e. The van der Waals surface area contributed by atoms with Crippen molar-refractivity contribution in [3.05, 3.63) is 0 Å². The maximum Gasteiger partial charge on any atom is 0.153 e. The van der Waals surface area contributed by atoms with Crippen molar-refractivity contribution in [1.82, 2.24) is 0 Å². The molecule has 1 rings (SSSR count).